The quantitative estimate of drug-likeness (QED) is 0.874. The summed E-state index contributed by atoms with van der Waals surface area (Å²) >= 11 is 0. The van der Waals surface area contributed by atoms with Crippen LogP contribution in [0.4, 0.5) is 10.5 Å². The Morgan fingerprint density at radius 1 is 1.52 bits per heavy atom. The van der Waals surface area contributed by atoms with Gasteiger partial charge < -0.3 is 20.1 Å². The van der Waals surface area contributed by atoms with E-state index in [1.54, 1.807) is 25.3 Å². The molecule has 1 aliphatic rings. The van der Waals surface area contributed by atoms with Crippen LogP contribution in [-0.4, -0.2) is 52.8 Å². The van der Waals surface area contributed by atoms with Crippen molar-refractivity contribution in [3.63, 3.8) is 0 Å². The predicted octanol–water partition coefficient (Wildman–Crippen LogP) is 1.34. The number of aryl methyl sites for hydroxylation is 1. The standard InChI is InChI=1S/C14H19N3O4/c1-3-17(12-8-21-7-10(12)13(18)19)14(20)16-11-5-4-6-15-9(11)2/h4-6,10,12H,3,7-8H2,1-2H3,(H,16,20)(H,18,19). The Bertz CT molecular complexity index is 535. The number of hydrogen-bond acceptors (Lipinski definition) is 4. The summed E-state index contributed by atoms with van der Waals surface area (Å²) in [5, 5.41) is 12.0. The average Bonchev–Trinajstić information content (AvgIpc) is 2.91. The summed E-state index contributed by atoms with van der Waals surface area (Å²) in [5.74, 6) is -1.63. The van der Waals surface area contributed by atoms with Crippen molar-refractivity contribution >= 4 is 17.7 Å². The zero-order valence-electron chi connectivity index (χ0n) is 12.1. The molecule has 2 atom stereocenters. The molecule has 1 aromatic rings. The van der Waals surface area contributed by atoms with E-state index in [-0.39, 0.29) is 19.2 Å². The number of likely N-dealkylation sites (N-methyl/N-ethyl adjacent to an activating group) is 1. The van der Waals surface area contributed by atoms with Crippen LogP contribution in [0, 0.1) is 12.8 Å². The molecule has 2 amide bonds. The Hall–Kier alpha value is -2.15. The molecule has 21 heavy (non-hydrogen) atoms. The van der Waals surface area contributed by atoms with E-state index < -0.39 is 17.9 Å². The highest BCUT2D eigenvalue weighted by Gasteiger charge is 2.39. The molecular weight excluding hydrogens is 274 g/mol. The summed E-state index contributed by atoms with van der Waals surface area (Å²) in [6.07, 6.45) is 1.65. The maximum Gasteiger partial charge on any atom is 0.322 e. The smallest absolute Gasteiger partial charge is 0.322 e. The summed E-state index contributed by atoms with van der Waals surface area (Å²) < 4.78 is 5.22. The van der Waals surface area contributed by atoms with Crippen LogP contribution in [0.1, 0.15) is 12.6 Å². The van der Waals surface area contributed by atoms with Crippen LogP contribution in [-0.2, 0) is 9.53 Å². The molecule has 0 bridgehead atoms. The number of anilines is 1. The number of nitrogens with zero attached hydrogens (tertiary/aromatic N) is 2. The predicted molar refractivity (Wildman–Crippen MR) is 76.1 cm³/mol. The number of aliphatic carboxylic acids is 1. The number of urea groups is 1. The molecule has 7 nitrogen and oxygen atoms in total. The van der Waals surface area contributed by atoms with Gasteiger partial charge in [0.1, 0.15) is 5.92 Å². The Balaban J connectivity index is 2.12. The number of carboxylic acid groups (broad SMARTS) is 1. The van der Waals surface area contributed by atoms with Crippen LogP contribution in [0.5, 0.6) is 0 Å². The molecule has 7 heteroatoms. The number of carbonyl (C=O) groups excluding carboxylic acids is 1. The molecule has 0 radical (unpaired) electrons. The number of aromatic nitrogens is 1. The molecule has 2 unspecified atom stereocenters. The van der Waals surface area contributed by atoms with Gasteiger partial charge in [0.2, 0.25) is 0 Å². The van der Waals surface area contributed by atoms with Gasteiger partial charge in [-0.25, -0.2) is 4.79 Å². The molecule has 1 saturated heterocycles. The van der Waals surface area contributed by atoms with Crippen molar-refractivity contribution in [2.75, 3.05) is 25.1 Å². The topological polar surface area (TPSA) is 91.8 Å². The summed E-state index contributed by atoms with van der Waals surface area (Å²) in [6, 6.07) is 2.70. The van der Waals surface area contributed by atoms with Crippen molar-refractivity contribution in [2.45, 2.75) is 19.9 Å². The van der Waals surface area contributed by atoms with Gasteiger partial charge in [0.15, 0.2) is 0 Å². The van der Waals surface area contributed by atoms with Crippen LogP contribution >= 0.6 is 0 Å². The summed E-state index contributed by atoms with van der Waals surface area (Å²) in [7, 11) is 0. The fraction of sp³-hybridized carbons (Fsp3) is 0.500. The van der Waals surface area contributed by atoms with Crippen molar-refractivity contribution in [1.82, 2.24) is 9.88 Å². The second-order valence-electron chi connectivity index (χ2n) is 4.90. The Morgan fingerprint density at radius 2 is 2.29 bits per heavy atom. The van der Waals surface area contributed by atoms with E-state index in [0.29, 0.717) is 17.9 Å². The molecule has 0 aliphatic carbocycles. The Kier molecular flexibility index (Phi) is 4.74. The molecule has 2 N–H and O–H groups in total. The van der Waals surface area contributed by atoms with Crippen LogP contribution < -0.4 is 5.32 Å². The van der Waals surface area contributed by atoms with E-state index in [4.69, 9.17) is 4.74 Å². The molecule has 0 aromatic carbocycles. The van der Waals surface area contributed by atoms with Gasteiger partial charge in [-0.3, -0.25) is 9.78 Å². The molecule has 1 fully saturated rings. The van der Waals surface area contributed by atoms with E-state index in [1.165, 1.54) is 4.90 Å². The molecule has 0 saturated carbocycles. The number of ether oxygens (including phenoxy) is 1. The Labute approximate surface area is 122 Å². The second-order valence-corrected chi connectivity index (χ2v) is 4.90. The average molecular weight is 293 g/mol. The highest BCUT2D eigenvalue weighted by atomic mass is 16.5. The van der Waals surface area contributed by atoms with Gasteiger partial charge in [-0.1, -0.05) is 0 Å². The molecule has 1 aliphatic heterocycles. The molecule has 114 valence electrons. The fourth-order valence-electron chi connectivity index (χ4n) is 2.42. The van der Waals surface area contributed by atoms with Crippen molar-refractivity contribution in [2.24, 2.45) is 5.92 Å². The highest BCUT2D eigenvalue weighted by Crippen LogP contribution is 2.21. The first-order valence-electron chi connectivity index (χ1n) is 6.84. The number of carbonyl (C=O) groups is 2. The molecule has 1 aromatic heterocycles. The van der Waals surface area contributed by atoms with Crippen molar-refractivity contribution < 1.29 is 19.4 Å². The zero-order valence-corrected chi connectivity index (χ0v) is 12.1. The maximum atomic E-state index is 12.4. The Morgan fingerprint density at radius 3 is 2.90 bits per heavy atom. The third-order valence-corrected chi connectivity index (χ3v) is 3.62. The van der Waals surface area contributed by atoms with Crippen molar-refractivity contribution in [1.29, 1.82) is 0 Å². The van der Waals surface area contributed by atoms with Crippen LogP contribution in [0.2, 0.25) is 0 Å². The molecular formula is C14H19N3O4. The lowest BCUT2D eigenvalue weighted by Gasteiger charge is -2.29. The number of nitrogens with one attached hydrogen (secondary N) is 1. The van der Waals surface area contributed by atoms with Gasteiger partial charge in [-0.15, -0.1) is 0 Å². The SMILES string of the molecule is CCN(C(=O)Nc1cccnc1C)C1COCC1C(=O)O. The molecule has 2 rings (SSSR count). The van der Waals surface area contributed by atoms with Gasteiger partial charge in [0, 0.05) is 12.7 Å². The van der Waals surface area contributed by atoms with E-state index in [2.05, 4.69) is 10.3 Å². The van der Waals surface area contributed by atoms with E-state index in [0.717, 1.165) is 0 Å². The third kappa shape index (κ3) is 3.30. The van der Waals surface area contributed by atoms with Crippen LogP contribution in [0.25, 0.3) is 0 Å². The van der Waals surface area contributed by atoms with Crippen molar-refractivity contribution in [3.8, 4) is 0 Å². The number of pyridine rings is 1. The highest BCUT2D eigenvalue weighted by molar-refractivity contribution is 5.90. The zero-order chi connectivity index (χ0) is 15.4. The van der Waals surface area contributed by atoms with Gasteiger partial charge in [-0.2, -0.15) is 0 Å². The van der Waals surface area contributed by atoms with Gasteiger partial charge in [0.05, 0.1) is 30.6 Å². The summed E-state index contributed by atoms with van der Waals surface area (Å²) in [4.78, 5) is 29.2. The van der Waals surface area contributed by atoms with E-state index >= 15 is 0 Å². The van der Waals surface area contributed by atoms with E-state index in [9.17, 15) is 14.7 Å². The largest absolute Gasteiger partial charge is 0.481 e. The monoisotopic (exact) mass is 293 g/mol. The van der Waals surface area contributed by atoms with Crippen LogP contribution in [0.15, 0.2) is 18.3 Å². The van der Waals surface area contributed by atoms with Gasteiger partial charge in [0.25, 0.3) is 0 Å². The fourth-order valence-corrected chi connectivity index (χ4v) is 2.42. The normalized spacial score (nSPS) is 21.0. The van der Waals surface area contributed by atoms with Crippen molar-refractivity contribution in [3.05, 3.63) is 24.0 Å². The number of hydrogen-bond donors (Lipinski definition) is 2. The first kappa shape index (κ1) is 15.2. The number of rotatable bonds is 4. The summed E-state index contributed by atoms with van der Waals surface area (Å²) in [5.41, 5.74) is 1.33. The molecule has 0 spiro atoms. The number of carboxylic acids is 1. The minimum atomic E-state index is -0.943. The second kappa shape index (κ2) is 6.53. The first-order valence-corrected chi connectivity index (χ1v) is 6.84. The lowest BCUT2D eigenvalue weighted by Crippen LogP contribution is -2.48. The van der Waals surface area contributed by atoms with E-state index in [1.807, 2.05) is 6.92 Å². The lowest BCUT2D eigenvalue weighted by molar-refractivity contribution is -0.142. The maximum absolute atomic E-state index is 12.4. The number of amides is 2. The molecule has 2 heterocycles. The van der Waals surface area contributed by atoms with Gasteiger partial charge in [-0.05, 0) is 26.0 Å². The lowest BCUT2D eigenvalue weighted by atomic mass is 10.0. The summed E-state index contributed by atoms with van der Waals surface area (Å²) in [6.45, 7) is 4.39. The third-order valence-electron chi connectivity index (χ3n) is 3.62. The minimum Gasteiger partial charge on any atom is -0.481 e. The first-order chi connectivity index (χ1) is 10.0. The van der Waals surface area contributed by atoms with Crippen LogP contribution in [0.3, 0.4) is 0 Å². The van der Waals surface area contributed by atoms with Gasteiger partial charge >= 0.3 is 12.0 Å². The minimum absolute atomic E-state index is 0.135.